The monoisotopic (exact) mass is 310 g/mol. The van der Waals surface area contributed by atoms with Crippen LogP contribution in [0.2, 0.25) is 0 Å². The first-order chi connectivity index (χ1) is 7.13. The smallest absolute Gasteiger partial charge is 0.238 e. The van der Waals surface area contributed by atoms with Crippen LogP contribution >= 0.6 is 15.9 Å². The number of hydrogen-bond donors (Lipinski definition) is 0. The van der Waals surface area contributed by atoms with E-state index in [4.69, 9.17) is 0 Å². The van der Waals surface area contributed by atoms with E-state index >= 15 is 0 Å². The second-order valence-corrected chi connectivity index (χ2v) is 3.90. The third-order valence-corrected chi connectivity index (χ3v) is 2.11. The van der Waals surface area contributed by atoms with Crippen LogP contribution in [0.25, 0.3) is 0 Å². The molecule has 0 amide bonds. The van der Waals surface area contributed by atoms with Crippen molar-refractivity contribution in [3.8, 4) is 0 Å². The Morgan fingerprint density at radius 3 is 2.25 bits per heavy atom. The molecule has 1 heterocycles. The third-order valence-electron chi connectivity index (χ3n) is 1.70. The van der Waals surface area contributed by atoms with E-state index in [0.29, 0.717) is 4.68 Å². The molecular weight excluding hydrogens is 306 g/mol. The lowest BCUT2D eigenvalue weighted by molar-refractivity contribution is -0.290. The second-order valence-electron chi connectivity index (χ2n) is 2.98. The van der Waals surface area contributed by atoms with Crippen LogP contribution in [0.15, 0.2) is 16.9 Å². The molecule has 16 heavy (non-hydrogen) atoms. The molecule has 1 aromatic rings. The fraction of sp³-hybridized carbons (Fsp3) is 0.571. The summed E-state index contributed by atoms with van der Waals surface area (Å²) in [5.41, 5.74) is 0. The zero-order valence-corrected chi connectivity index (χ0v) is 9.07. The standard InChI is InChI=1S/C7H5BrF6N2/c8-4-2-15-16(3-4)5(9)1-6(10,11)7(12,13)14/h2-3,5H,1H2. The number of halogens is 7. The highest BCUT2D eigenvalue weighted by Gasteiger charge is 2.58. The van der Waals surface area contributed by atoms with Gasteiger partial charge in [-0.15, -0.1) is 0 Å². The summed E-state index contributed by atoms with van der Waals surface area (Å²) in [6.07, 6.45) is -8.25. The lowest BCUT2D eigenvalue weighted by Gasteiger charge is -2.21. The molecule has 1 unspecified atom stereocenters. The van der Waals surface area contributed by atoms with E-state index in [2.05, 4.69) is 21.0 Å². The SMILES string of the molecule is FC(CC(F)(F)C(F)(F)F)n1cc(Br)cn1. The Morgan fingerprint density at radius 1 is 1.31 bits per heavy atom. The minimum atomic E-state index is -5.76. The average Bonchev–Trinajstić information content (AvgIpc) is 2.48. The van der Waals surface area contributed by atoms with Crippen molar-refractivity contribution in [2.45, 2.75) is 24.8 Å². The zero-order valence-electron chi connectivity index (χ0n) is 7.48. The summed E-state index contributed by atoms with van der Waals surface area (Å²) in [5.74, 6) is -5.08. The quantitative estimate of drug-likeness (QED) is 0.778. The largest absolute Gasteiger partial charge is 0.453 e. The van der Waals surface area contributed by atoms with E-state index in [1.807, 2.05) is 0 Å². The van der Waals surface area contributed by atoms with E-state index in [1.54, 1.807) is 0 Å². The highest BCUT2D eigenvalue weighted by Crippen LogP contribution is 2.41. The van der Waals surface area contributed by atoms with Crippen molar-refractivity contribution in [1.29, 1.82) is 0 Å². The van der Waals surface area contributed by atoms with Gasteiger partial charge < -0.3 is 0 Å². The van der Waals surface area contributed by atoms with Gasteiger partial charge in [-0.25, -0.2) is 9.07 Å². The molecule has 1 aromatic heterocycles. The normalized spacial score (nSPS) is 15.2. The van der Waals surface area contributed by atoms with Crippen molar-refractivity contribution >= 4 is 15.9 Å². The van der Waals surface area contributed by atoms with Crippen molar-refractivity contribution in [3.05, 3.63) is 16.9 Å². The van der Waals surface area contributed by atoms with Crippen LogP contribution in [0.5, 0.6) is 0 Å². The van der Waals surface area contributed by atoms with Gasteiger partial charge in [0.15, 0.2) is 6.30 Å². The van der Waals surface area contributed by atoms with Crippen LogP contribution < -0.4 is 0 Å². The molecule has 0 saturated heterocycles. The minimum Gasteiger partial charge on any atom is -0.238 e. The number of rotatable bonds is 3. The van der Waals surface area contributed by atoms with E-state index in [9.17, 15) is 26.3 Å². The summed E-state index contributed by atoms with van der Waals surface area (Å²) in [5, 5.41) is 3.28. The van der Waals surface area contributed by atoms with Gasteiger partial charge in [0.05, 0.1) is 17.1 Å². The number of hydrogen-bond acceptors (Lipinski definition) is 1. The van der Waals surface area contributed by atoms with Crippen LogP contribution in [-0.4, -0.2) is 21.9 Å². The van der Waals surface area contributed by atoms with Gasteiger partial charge in [-0.1, -0.05) is 0 Å². The molecule has 0 aromatic carbocycles. The van der Waals surface area contributed by atoms with Crippen LogP contribution in [0, 0.1) is 0 Å². The Bertz CT molecular complexity index is 360. The maximum absolute atomic E-state index is 13.1. The van der Waals surface area contributed by atoms with Crippen LogP contribution in [0.3, 0.4) is 0 Å². The zero-order chi connectivity index (χ0) is 12.6. The highest BCUT2D eigenvalue weighted by atomic mass is 79.9. The van der Waals surface area contributed by atoms with Crippen LogP contribution in [0.1, 0.15) is 12.7 Å². The average molecular weight is 311 g/mol. The van der Waals surface area contributed by atoms with Gasteiger partial charge >= 0.3 is 12.1 Å². The fourth-order valence-electron chi connectivity index (χ4n) is 0.889. The lowest BCUT2D eigenvalue weighted by Crippen LogP contribution is -2.38. The Morgan fingerprint density at radius 2 is 1.88 bits per heavy atom. The van der Waals surface area contributed by atoms with Crippen LogP contribution in [-0.2, 0) is 0 Å². The van der Waals surface area contributed by atoms with Crippen LogP contribution in [0.4, 0.5) is 26.3 Å². The van der Waals surface area contributed by atoms with Gasteiger partial charge in [-0.2, -0.15) is 27.1 Å². The van der Waals surface area contributed by atoms with E-state index < -0.39 is 24.8 Å². The third kappa shape index (κ3) is 2.89. The molecule has 0 bridgehead atoms. The topological polar surface area (TPSA) is 17.8 Å². The van der Waals surface area contributed by atoms with Gasteiger partial charge in [0.2, 0.25) is 0 Å². The molecule has 0 aliphatic heterocycles. The Labute approximate surface area is 94.4 Å². The predicted octanol–water partition coefficient (Wildman–Crippen LogP) is 3.70. The molecule has 1 atom stereocenters. The number of alkyl halides is 6. The van der Waals surface area contributed by atoms with Crippen molar-refractivity contribution in [2.24, 2.45) is 0 Å². The van der Waals surface area contributed by atoms with Gasteiger partial charge in [0, 0.05) is 6.20 Å². The van der Waals surface area contributed by atoms with E-state index in [0.717, 1.165) is 12.4 Å². The fourth-order valence-corrected chi connectivity index (χ4v) is 1.19. The maximum atomic E-state index is 13.1. The van der Waals surface area contributed by atoms with Crippen molar-refractivity contribution in [1.82, 2.24) is 9.78 Å². The molecule has 1 rings (SSSR count). The first-order valence-electron chi connectivity index (χ1n) is 3.92. The summed E-state index contributed by atoms with van der Waals surface area (Å²) in [6.45, 7) is 0. The molecule has 2 nitrogen and oxygen atoms in total. The first-order valence-corrected chi connectivity index (χ1v) is 4.71. The summed E-state index contributed by atoms with van der Waals surface area (Å²) in [7, 11) is 0. The second kappa shape index (κ2) is 4.27. The van der Waals surface area contributed by atoms with Crippen molar-refractivity contribution in [3.63, 3.8) is 0 Å². The molecule has 0 radical (unpaired) electrons. The summed E-state index contributed by atoms with van der Waals surface area (Å²) in [6, 6.07) is 0. The molecule has 0 saturated carbocycles. The molecule has 0 N–H and O–H groups in total. The van der Waals surface area contributed by atoms with Crippen molar-refractivity contribution in [2.75, 3.05) is 0 Å². The Balaban J connectivity index is 2.75. The molecule has 0 aliphatic carbocycles. The molecule has 92 valence electrons. The molecular formula is C7H5BrF6N2. The number of nitrogens with zero attached hydrogens (tertiary/aromatic N) is 2. The molecule has 0 fully saturated rings. The van der Waals surface area contributed by atoms with Gasteiger partial charge in [-0.3, -0.25) is 0 Å². The summed E-state index contributed by atoms with van der Waals surface area (Å²) < 4.78 is 73.9. The lowest BCUT2D eigenvalue weighted by atomic mass is 10.2. The van der Waals surface area contributed by atoms with E-state index in [1.165, 1.54) is 0 Å². The Hall–Kier alpha value is -0.730. The maximum Gasteiger partial charge on any atom is 0.453 e. The number of aromatic nitrogens is 2. The highest BCUT2D eigenvalue weighted by molar-refractivity contribution is 9.10. The van der Waals surface area contributed by atoms with Crippen molar-refractivity contribution < 1.29 is 26.3 Å². The molecule has 9 heteroatoms. The van der Waals surface area contributed by atoms with Gasteiger partial charge in [0.1, 0.15) is 0 Å². The Kier molecular flexibility index (Phi) is 3.56. The predicted molar refractivity (Wildman–Crippen MR) is 45.7 cm³/mol. The molecule has 0 spiro atoms. The van der Waals surface area contributed by atoms with Gasteiger partial charge in [-0.05, 0) is 15.9 Å². The van der Waals surface area contributed by atoms with Gasteiger partial charge in [0.25, 0.3) is 0 Å². The summed E-state index contributed by atoms with van der Waals surface area (Å²) >= 11 is 2.86. The first kappa shape index (κ1) is 13.3. The summed E-state index contributed by atoms with van der Waals surface area (Å²) in [4.78, 5) is 0. The molecule has 0 aliphatic rings. The van der Waals surface area contributed by atoms with E-state index in [-0.39, 0.29) is 4.47 Å². The minimum absolute atomic E-state index is 0.283.